The van der Waals surface area contributed by atoms with Gasteiger partial charge < -0.3 is 24.4 Å². The summed E-state index contributed by atoms with van der Waals surface area (Å²) >= 11 is 0. The third-order valence-corrected chi connectivity index (χ3v) is 9.33. The van der Waals surface area contributed by atoms with E-state index in [4.69, 9.17) is 14.2 Å². The molecule has 7 nitrogen and oxygen atoms in total. The average Bonchev–Trinajstić information content (AvgIpc) is 3.42. The van der Waals surface area contributed by atoms with E-state index in [1.807, 2.05) is 13.8 Å². The molecule has 0 amide bonds. The Morgan fingerprint density at radius 2 is 2.03 bits per heavy atom. The van der Waals surface area contributed by atoms with E-state index in [1.54, 1.807) is 26.8 Å². The van der Waals surface area contributed by atoms with Gasteiger partial charge in [0.25, 0.3) is 0 Å². The zero-order chi connectivity index (χ0) is 23.5. The van der Waals surface area contributed by atoms with E-state index in [0.717, 1.165) is 24.8 Å². The van der Waals surface area contributed by atoms with Gasteiger partial charge in [-0.05, 0) is 57.9 Å². The van der Waals surface area contributed by atoms with Crippen LogP contribution in [0.4, 0.5) is 0 Å². The molecule has 7 atom stereocenters. The maximum Gasteiger partial charge on any atom is 0.333 e. The lowest BCUT2D eigenvalue weighted by Gasteiger charge is -2.66. The number of hydrogen-bond donors (Lipinski definition) is 2. The standard InChI is InChI=1S/C25H36O7/c1-6-15(2)21(28)32-20-19(27)23(4)17(8-7-10-25(23)14-31-25)22(3,24(20,5)29)11-9-16-12-18(26)30-13-16/h6,12,17,19-20,27,29H,7-11,13-14H2,1-5H3/b15-6+/t17-,19+,20+,22-,23+,24+,25+/m1/s1. The summed E-state index contributed by atoms with van der Waals surface area (Å²) < 4.78 is 16.9. The van der Waals surface area contributed by atoms with Gasteiger partial charge in [-0.1, -0.05) is 26.3 Å². The second-order valence-corrected chi connectivity index (χ2v) is 10.7. The SMILES string of the molecule is C/C=C(\C)C(=O)O[C@H]1[C@H](O)[C@]2(C)[C@H](CCC[C@]23CO3)[C@@](C)(CCC2=CC(=O)OC2)[C@@]1(C)O. The van der Waals surface area contributed by atoms with E-state index in [9.17, 15) is 19.8 Å². The number of aliphatic hydroxyl groups is 2. The summed E-state index contributed by atoms with van der Waals surface area (Å²) in [5.74, 6) is -0.926. The number of rotatable bonds is 5. The molecular weight excluding hydrogens is 412 g/mol. The molecule has 2 aliphatic heterocycles. The minimum Gasteiger partial charge on any atom is -0.458 e. The predicted octanol–water partition coefficient (Wildman–Crippen LogP) is 2.84. The summed E-state index contributed by atoms with van der Waals surface area (Å²) in [4.78, 5) is 24.3. The van der Waals surface area contributed by atoms with Crippen molar-refractivity contribution < 1.29 is 34.0 Å². The highest BCUT2D eigenvalue weighted by molar-refractivity contribution is 5.88. The molecule has 2 saturated carbocycles. The monoisotopic (exact) mass is 448 g/mol. The number of cyclic esters (lactones) is 1. The maximum atomic E-state index is 12.7. The fourth-order valence-corrected chi connectivity index (χ4v) is 6.69. The molecule has 0 unspecified atom stereocenters. The van der Waals surface area contributed by atoms with Gasteiger partial charge in [0.05, 0.1) is 12.2 Å². The molecule has 2 N–H and O–H groups in total. The molecule has 0 bridgehead atoms. The van der Waals surface area contributed by atoms with Crippen LogP contribution in [0.25, 0.3) is 0 Å². The lowest BCUT2D eigenvalue weighted by molar-refractivity contribution is -0.298. The molecule has 2 heterocycles. The van der Waals surface area contributed by atoms with Crippen molar-refractivity contribution in [2.24, 2.45) is 16.7 Å². The molecule has 0 radical (unpaired) electrons. The molecule has 32 heavy (non-hydrogen) atoms. The van der Waals surface area contributed by atoms with Gasteiger partial charge in [0.1, 0.15) is 18.3 Å². The van der Waals surface area contributed by atoms with E-state index in [2.05, 4.69) is 0 Å². The van der Waals surface area contributed by atoms with E-state index in [-0.39, 0.29) is 18.5 Å². The van der Waals surface area contributed by atoms with Crippen LogP contribution in [-0.4, -0.2) is 58.8 Å². The van der Waals surface area contributed by atoms with Gasteiger partial charge in [-0.25, -0.2) is 9.59 Å². The van der Waals surface area contributed by atoms with E-state index >= 15 is 0 Å². The van der Waals surface area contributed by atoms with Crippen LogP contribution in [0.1, 0.15) is 66.7 Å². The first-order chi connectivity index (χ1) is 14.9. The molecule has 1 saturated heterocycles. The number of epoxide rings is 1. The van der Waals surface area contributed by atoms with Crippen LogP contribution < -0.4 is 0 Å². The smallest absolute Gasteiger partial charge is 0.333 e. The van der Waals surface area contributed by atoms with E-state index < -0.39 is 40.2 Å². The molecule has 4 aliphatic rings. The maximum absolute atomic E-state index is 12.7. The second kappa shape index (κ2) is 7.67. The average molecular weight is 449 g/mol. The number of allylic oxidation sites excluding steroid dienone is 1. The van der Waals surface area contributed by atoms with Crippen LogP contribution >= 0.6 is 0 Å². The molecule has 3 fully saturated rings. The Hall–Kier alpha value is -1.70. The first kappa shape index (κ1) is 23.5. The molecule has 4 rings (SSSR count). The largest absolute Gasteiger partial charge is 0.458 e. The zero-order valence-electron chi connectivity index (χ0n) is 19.8. The molecule has 0 aromatic carbocycles. The van der Waals surface area contributed by atoms with Crippen LogP contribution in [0.15, 0.2) is 23.3 Å². The van der Waals surface area contributed by atoms with E-state index in [1.165, 1.54) is 6.08 Å². The lowest BCUT2D eigenvalue weighted by Crippen LogP contribution is -2.75. The van der Waals surface area contributed by atoms with Gasteiger partial charge >= 0.3 is 11.9 Å². The highest BCUT2D eigenvalue weighted by Gasteiger charge is 2.76. The van der Waals surface area contributed by atoms with Gasteiger partial charge in [-0.2, -0.15) is 0 Å². The number of carbonyl (C=O) groups is 2. The van der Waals surface area contributed by atoms with Crippen molar-refractivity contribution in [1.29, 1.82) is 0 Å². The summed E-state index contributed by atoms with van der Waals surface area (Å²) in [5, 5.41) is 23.7. The number of ether oxygens (including phenoxy) is 3. The first-order valence-electron chi connectivity index (χ1n) is 11.7. The van der Waals surface area contributed by atoms with Crippen molar-refractivity contribution in [3.8, 4) is 0 Å². The highest BCUT2D eigenvalue weighted by atomic mass is 16.6. The summed E-state index contributed by atoms with van der Waals surface area (Å²) in [7, 11) is 0. The molecule has 0 aromatic heterocycles. The topological polar surface area (TPSA) is 106 Å². The van der Waals surface area contributed by atoms with Gasteiger partial charge in [0.2, 0.25) is 0 Å². The van der Waals surface area contributed by atoms with Crippen molar-refractivity contribution in [1.82, 2.24) is 0 Å². The third kappa shape index (κ3) is 3.19. The lowest BCUT2D eigenvalue weighted by atomic mass is 9.41. The third-order valence-electron chi connectivity index (χ3n) is 9.33. The van der Waals surface area contributed by atoms with Crippen LogP contribution in [0, 0.1) is 16.7 Å². The fourth-order valence-electron chi connectivity index (χ4n) is 6.69. The molecule has 1 spiro atoms. The Kier molecular flexibility index (Phi) is 5.63. The quantitative estimate of drug-likeness (QED) is 0.378. The summed E-state index contributed by atoms with van der Waals surface area (Å²) in [5.41, 5.74) is -1.99. The number of aliphatic hydroxyl groups excluding tert-OH is 1. The van der Waals surface area contributed by atoms with Crippen LogP contribution in [-0.2, 0) is 23.8 Å². The molecule has 7 heteroatoms. The van der Waals surface area contributed by atoms with Gasteiger partial charge in [0, 0.05) is 22.5 Å². The molecule has 2 aliphatic carbocycles. The Morgan fingerprint density at radius 1 is 1.34 bits per heavy atom. The molecular formula is C25H36O7. The van der Waals surface area contributed by atoms with Crippen LogP contribution in [0.2, 0.25) is 0 Å². The number of carbonyl (C=O) groups excluding carboxylic acids is 2. The number of hydrogen-bond acceptors (Lipinski definition) is 7. The summed E-state index contributed by atoms with van der Waals surface area (Å²) in [6.07, 6.45) is 4.80. The van der Waals surface area contributed by atoms with Crippen molar-refractivity contribution in [2.45, 2.75) is 90.1 Å². The van der Waals surface area contributed by atoms with Crippen molar-refractivity contribution in [2.75, 3.05) is 13.2 Å². The Labute approximate surface area is 189 Å². The van der Waals surface area contributed by atoms with Crippen molar-refractivity contribution in [3.63, 3.8) is 0 Å². The second-order valence-electron chi connectivity index (χ2n) is 10.7. The molecule has 178 valence electrons. The molecule has 0 aromatic rings. The van der Waals surface area contributed by atoms with Gasteiger partial charge in [-0.3, -0.25) is 0 Å². The minimum atomic E-state index is -1.49. The van der Waals surface area contributed by atoms with Crippen molar-refractivity contribution in [3.05, 3.63) is 23.3 Å². The highest BCUT2D eigenvalue weighted by Crippen LogP contribution is 2.69. The van der Waals surface area contributed by atoms with E-state index in [0.29, 0.717) is 25.0 Å². The van der Waals surface area contributed by atoms with Crippen LogP contribution in [0.3, 0.4) is 0 Å². The number of fused-ring (bicyclic) bond motifs is 2. The first-order valence-corrected chi connectivity index (χ1v) is 11.7. The Bertz CT molecular complexity index is 868. The summed E-state index contributed by atoms with van der Waals surface area (Å²) in [6.45, 7) is 9.99. The minimum absolute atomic E-state index is 0.0485. The zero-order valence-corrected chi connectivity index (χ0v) is 19.8. The number of esters is 2. The Balaban J connectivity index is 1.75. The fraction of sp³-hybridized carbons (Fsp3) is 0.760. The van der Waals surface area contributed by atoms with Gasteiger partial charge in [-0.15, -0.1) is 0 Å². The predicted molar refractivity (Wildman–Crippen MR) is 116 cm³/mol. The van der Waals surface area contributed by atoms with Gasteiger partial charge in [0.15, 0.2) is 6.10 Å². The Morgan fingerprint density at radius 3 is 2.59 bits per heavy atom. The van der Waals surface area contributed by atoms with Crippen LogP contribution in [0.5, 0.6) is 0 Å². The normalized spacial score (nSPS) is 45.8. The summed E-state index contributed by atoms with van der Waals surface area (Å²) in [6, 6.07) is 0. The van der Waals surface area contributed by atoms with Crippen molar-refractivity contribution >= 4 is 11.9 Å².